The van der Waals surface area contributed by atoms with Crippen LogP contribution in [0.3, 0.4) is 0 Å². The molecule has 0 spiro atoms. The molecule has 4 nitrogen and oxygen atoms in total. The van der Waals surface area contributed by atoms with E-state index in [0.717, 1.165) is 51.4 Å². The van der Waals surface area contributed by atoms with Gasteiger partial charge in [0.1, 0.15) is 0 Å². The zero-order valence-electron chi connectivity index (χ0n) is 17.4. The second-order valence-electron chi connectivity index (χ2n) is 8.68. The Labute approximate surface area is 165 Å². The fraction of sp³-hybridized carbons (Fsp3) is 0.783. The van der Waals surface area contributed by atoms with E-state index < -0.39 is 0 Å². The highest BCUT2D eigenvalue weighted by Crippen LogP contribution is 2.48. The maximum atomic E-state index is 11.6. The second kappa shape index (κ2) is 11.0. The molecule has 0 aromatic carbocycles. The lowest BCUT2D eigenvalue weighted by Gasteiger charge is -2.19. The molecule has 0 radical (unpaired) electrons. The average Bonchev–Trinajstić information content (AvgIpc) is 3.13. The van der Waals surface area contributed by atoms with Gasteiger partial charge in [-0.05, 0) is 50.4 Å². The van der Waals surface area contributed by atoms with E-state index in [1.807, 2.05) is 20.2 Å². The number of allylic oxidation sites excluding steroid dienone is 2. The number of amides is 1. The van der Waals surface area contributed by atoms with Gasteiger partial charge in [0, 0.05) is 26.4 Å². The zero-order chi connectivity index (χ0) is 19.8. The van der Waals surface area contributed by atoms with Crippen LogP contribution in [0.4, 0.5) is 0 Å². The number of rotatable bonds is 11. The predicted molar refractivity (Wildman–Crippen MR) is 110 cm³/mol. The molecule has 0 bridgehead atoms. The van der Waals surface area contributed by atoms with Gasteiger partial charge in [0.05, 0.1) is 12.2 Å². The molecule has 2 N–H and O–H groups in total. The van der Waals surface area contributed by atoms with Crippen LogP contribution >= 0.6 is 0 Å². The van der Waals surface area contributed by atoms with Crippen molar-refractivity contribution in [2.75, 3.05) is 14.1 Å². The minimum absolute atomic E-state index is 0.167. The molecule has 1 amide bonds. The molecule has 4 heteroatoms. The maximum absolute atomic E-state index is 11.6. The normalized spacial score (nSPS) is 28.4. The zero-order valence-corrected chi connectivity index (χ0v) is 17.4. The smallest absolute Gasteiger partial charge is 0.222 e. The Morgan fingerprint density at radius 2 is 2.07 bits per heavy atom. The van der Waals surface area contributed by atoms with E-state index in [-0.39, 0.29) is 24.0 Å². The first-order chi connectivity index (χ1) is 12.9. The third-order valence-corrected chi connectivity index (χ3v) is 6.25. The maximum Gasteiger partial charge on any atom is 0.222 e. The number of aliphatic hydroxyl groups is 2. The van der Waals surface area contributed by atoms with Crippen molar-refractivity contribution in [3.05, 3.63) is 23.8 Å². The highest BCUT2D eigenvalue weighted by Gasteiger charge is 2.43. The fourth-order valence-electron chi connectivity index (χ4n) is 4.60. The molecule has 2 aliphatic carbocycles. The van der Waals surface area contributed by atoms with Crippen LogP contribution in [-0.2, 0) is 4.79 Å². The van der Waals surface area contributed by atoms with Gasteiger partial charge in [-0.1, -0.05) is 50.0 Å². The Kier molecular flexibility index (Phi) is 9.04. The first-order valence-corrected chi connectivity index (χ1v) is 10.9. The van der Waals surface area contributed by atoms with Crippen molar-refractivity contribution in [2.45, 2.75) is 83.3 Å². The monoisotopic (exact) mass is 377 g/mol. The van der Waals surface area contributed by atoms with Gasteiger partial charge in [-0.25, -0.2) is 0 Å². The summed E-state index contributed by atoms with van der Waals surface area (Å²) in [6, 6.07) is 0. The van der Waals surface area contributed by atoms with Crippen molar-refractivity contribution >= 4 is 5.91 Å². The van der Waals surface area contributed by atoms with Gasteiger partial charge in [-0.2, -0.15) is 0 Å². The van der Waals surface area contributed by atoms with Gasteiger partial charge in [-0.3, -0.25) is 4.79 Å². The highest BCUT2D eigenvalue weighted by atomic mass is 16.3. The standard InChI is InChI=1S/C23H39NO3/c1-4-5-6-10-19(25)12-13-20-21-15-17(14-18(21)16-22(20)26)9-7-8-11-23(27)24(2)3/h12-14,18-22,25-26H,4-11,15-16H2,1-3H3/t18-,19+,20+,21-,22+/m1/s1. The van der Waals surface area contributed by atoms with Crippen LogP contribution in [0.2, 0.25) is 0 Å². The third-order valence-electron chi connectivity index (χ3n) is 6.25. The molecule has 2 rings (SSSR count). The molecule has 2 aliphatic rings. The molecule has 0 aromatic rings. The van der Waals surface area contributed by atoms with E-state index in [4.69, 9.17) is 0 Å². The SMILES string of the molecule is CCCCC[C@H](O)C=C[C@H]1[C@@H]2CC(CCCCC(=O)N(C)C)=C[C@@H]2C[C@@H]1O. The van der Waals surface area contributed by atoms with Crippen LogP contribution in [0, 0.1) is 17.8 Å². The molecule has 27 heavy (non-hydrogen) atoms. The number of hydrogen-bond acceptors (Lipinski definition) is 3. The van der Waals surface area contributed by atoms with Crippen LogP contribution in [0.25, 0.3) is 0 Å². The number of nitrogens with zero attached hydrogens (tertiary/aromatic N) is 1. The summed E-state index contributed by atoms with van der Waals surface area (Å²) < 4.78 is 0. The van der Waals surface area contributed by atoms with Crippen molar-refractivity contribution in [3.8, 4) is 0 Å². The van der Waals surface area contributed by atoms with Crippen LogP contribution in [-0.4, -0.2) is 47.3 Å². The van der Waals surface area contributed by atoms with E-state index in [9.17, 15) is 15.0 Å². The summed E-state index contributed by atoms with van der Waals surface area (Å²) in [6.07, 6.45) is 15.5. The van der Waals surface area contributed by atoms with E-state index in [0.29, 0.717) is 18.3 Å². The second-order valence-corrected chi connectivity index (χ2v) is 8.68. The lowest BCUT2D eigenvalue weighted by molar-refractivity contribution is -0.128. The molecule has 5 atom stereocenters. The summed E-state index contributed by atoms with van der Waals surface area (Å²) in [4.78, 5) is 13.3. The number of carbonyl (C=O) groups excluding carboxylic acids is 1. The molecular weight excluding hydrogens is 338 g/mol. The average molecular weight is 378 g/mol. The molecule has 0 heterocycles. The molecule has 0 saturated heterocycles. The van der Waals surface area contributed by atoms with Crippen molar-refractivity contribution in [1.29, 1.82) is 0 Å². The molecular formula is C23H39NO3. The molecule has 0 aromatic heterocycles. The molecule has 154 valence electrons. The Hall–Kier alpha value is -1.13. The van der Waals surface area contributed by atoms with Gasteiger partial charge in [-0.15, -0.1) is 0 Å². The van der Waals surface area contributed by atoms with Crippen LogP contribution in [0.5, 0.6) is 0 Å². The Morgan fingerprint density at radius 3 is 2.78 bits per heavy atom. The summed E-state index contributed by atoms with van der Waals surface area (Å²) in [7, 11) is 3.62. The van der Waals surface area contributed by atoms with E-state index in [1.165, 1.54) is 12.0 Å². The number of carbonyl (C=O) groups is 1. The summed E-state index contributed by atoms with van der Waals surface area (Å²) in [5.41, 5.74) is 1.50. The summed E-state index contributed by atoms with van der Waals surface area (Å²) >= 11 is 0. The largest absolute Gasteiger partial charge is 0.392 e. The molecule has 1 saturated carbocycles. The summed E-state index contributed by atoms with van der Waals surface area (Å²) in [6.45, 7) is 2.17. The van der Waals surface area contributed by atoms with Gasteiger partial charge < -0.3 is 15.1 Å². The number of unbranched alkanes of at least 4 members (excludes halogenated alkanes) is 3. The van der Waals surface area contributed by atoms with E-state index >= 15 is 0 Å². The Bertz CT molecular complexity index is 526. The minimum atomic E-state index is -0.383. The lowest BCUT2D eigenvalue weighted by atomic mass is 9.88. The van der Waals surface area contributed by atoms with Crippen molar-refractivity contribution in [3.63, 3.8) is 0 Å². The Balaban J connectivity index is 1.76. The topological polar surface area (TPSA) is 60.8 Å². The molecule has 0 unspecified atom stereocenters. The minimum Gasteiger partial charge on any atom is -0.392 e. The first-order valence-electron chi connectivity index (χ1n) is 10.9. The quantitative estimate of drug-likeness (QED) is 0.421. The van der Waals surface area contributed by atoms with Crippen LogP contribution in [0.1, 0.15) is 71.1 Å². The van der Waals surface area contributed by atoms with Gasteiger partial charge in [0.15, 0.2) is 0 Å². The number of aliphatic hydroxyl groups excluding tert-OH is 2. The molecule has 1 fully saturated rings. The van der Waals surface area contributed by atoms with Crippen molar-refractivity contribution < 1.29 is 15.0 Å². The number of hydrogen-bond donors (Lipinski definition) is 2. The van der Waals surface area contributed by atoms with Crippen LogP contribution < -0.4 is 0 Å². The third kappa shape index (κ3) is 6.76. The van der Waals surface area contributed by atoms with Gasteiger partial charge >= 0.3 is 0 Å². The predicted octanol–water partition coefficient (Wildman–Crippen LogP) is 4.08. The van der Waals surface area contributed by atoms with Crippen molar-refractivity contribution in [1.82, 2.24) is 4.90 Å². The van der Waals surface area contributed by atoms with E-state index in [1.54, 1.807) is 4.90 Å². The van der Waals surface area contributed by atoms with Crippen LogP contribution in [0.15, 0.2) is 23.8 Å². The van der Waals surface area contributed by atoms with Gasteiger partial charge in [0.25, 0.3) is 0 Å². The number of fused-ring (bicyclic) bond motifs is 1. The summed E-state index contributed by atoms with van der Waals surface area (Å²) in [5, 5.41) is 20.6. The lowest BCUT2D eigenvalue weighted by Crippen LogP contribution is -2.21. The highest BCUT2D eigenvalue weighted by molar-refractivity contribution is 5.75. The Morgan fingerprint density at radius 1 is 1.30 bits per heavy atom. The molecule has 0 aliphatic heterocycles. The van der Waals surface area contributed by atoms with E-state index in [2.05, 4.69) is 19.1 Å². The van der Waals surface area contributed by atoms with Gasteiger partial charge in [0.2, 0.25) is 5.91 Å². The first kappa shape index (κ1) is 22.2. The fourth-order valence-corrected chi connectivity index (χ4v) is 4.60. The summed E-state index contributed by atoms with van der Waals surface area (Å²) in [5.74, 6) is 1.33. The van der Waals surface area contributed by atoms with Crippen molar-refractivity contribution in [2.24, 2.45) is 17.8 Å².